The minimum absolute atomic E-state index is 0.0269. The van der Waals surface area contributed by atoms with Crippen LogP contribution in [-0.4, -0.2) is 0 Å². The molecule has 0 fully saturated rings. The molecule has 0 aromatic heterocycles. The summed E-state index contributed by atoms with van der Waals surface area (Å²) < 4.78 is 0. The first kappa shape index (κ1) is 11.7. The number of halogens is 1. The van der Waals surface area contributed by atoms with Crippen LogP contribution in [0.1, 0.15) is 42.9 Å². The van der Waals surface area contributed by atoms with Gasteiger partial charge in [-0.05, 0) is 55.9 Å². The summed E-state index contributed by atoms with van der Waals surface area (Å²) in [5, 5.41) is 0.771. The number of aryl methyl sites for hydroxylation is 1. The van der Waals surface area contributed by atoms with Gasteiger partial charge in [-0.1, -0.05) is 29.3 Å². The third kappa shape index (κ3) is 2.47. The molecule has 1 atom stereocenters. The van der Waals surface area contributed by atoms with Crippen LogP contribution in [0.4, 0.5) is 0 Å². The predicted molar refractivity (Wildman–Crippen MR) is 69.7 cm³/mol. The lowest BCUT2D eigenvalue weighted by Gasteiger charge is -2.21. The molecule has 0 bridgehead atoms. The molecule has 2 N–H and O–H groups in total. The average Bonchev–Trinajstić information content (AvgIpc) is 2.32. The van der Waals surface area contributed by atoms with E-state index in [9.17, 15) is 0 Å². The number of benzene rings is 1. The number of nitrogens with two attached hydrogens (primary N) is 1. The highest BCUT2D eigenvalue weighted by Gasteiger charge is 2.15. The van der Waals surface area contributed by atoms with Crippen LogP contribution in [0.5, 0.6) is 0 Å². The van der Waals surface area contributed by atoms with Crippen molar-refractivity contribution in [1.29, 1.82) is 0 Å². The molecule has 2 heteroatoms. The lowest BCUT2D eigenvalue weighted by Crippen LogP contribution is -2.16. The van der Waals surface area contributed by atoms with E-state index in [1.54, 1.807) is 0 Å². The zero-order valence-corrected chi connectivity index (χ0v) is 10.4. The molecule has 0 amide bonds. The fourth-order valence-electron chi connectivity index (χ4n) is 2.29. The van der Waals surface area contributed by atoms with Crippen LogP contribution in [0.15, 0.2) is 29.8 Å². The zero-order chi connectivity index (χ0) is 11.5. The second kappa shape index (κ2) is 5.03. The third-order valence-electron chi connectivity index (χ3n) is 3.30. The van der Waals surface area contributed by atoms with E-state index in [2.05, 4.69) is 13.0 Å². The summed E-state index contributed by atoms with van der Waals surface area (Å²) in [6.07, 6.45) is 7.16. The molecule has 0 saturated carbocycles. The zero-order valence-electron chi connectivity index (χ0n) is 9.67. The van der Waals surface area contributed by atoms with Crippen LogP contribution in [0.3, 0.4) is 0 Å². The van der Waals surface area contributed by atoms with Gasteiger partial charge in [-0.3, -0.25) is 0 Å². The Balaban J connectivity index is 2.29. The van der Waals surface area contributed by atoms with Gasteiger partial charge >= 0.3 is 0 Å². The fraction of sp³-hybridized carbons (Fsp3) is 0.429. The van der Waals surface area contributed by atoms with Crippen LogP contribution in [-0.2, 0) is 0 Å². The summed E-state index contributed by atoms with van der Waals surface area (Å²) in [5.74, 6) is 0. The van der Waals surface area contributed by atoms with Gasteiger partial charge in [-0.25, -0.2) is 0 Å². The number of hydrogen-bond donors (Lipinski definition) is 1. The van der Waals surface area contributed by atoms with Crippen molar-refractivity contribution in [3.05, 3.63) is 46.0 Å². The van der Waals surface area contributed by atoms with Crippen LogP contribution >= 0.6 is 11.6 Å². The molecule has 1 unspecified atom stereocenters. The van der Waals surface area contributed by atoms with Crippen molar-refractivity contribution < 1.29 is 0 Å². The molecule has 86 valence electrons. The van der Waals surface area contributed by atoms with Gasteiger partial charge in [0.05, 0.1) is 6.04 Å². The van der Waals surface area contributed by atoms with Gasteiger partial charge in [0.25, 0.3) is 0 Å². The Morgan fingerprint density at radius 1 is 1.31 bits per heavy atom. The van der Waals surface area contributed by atoms with Crippen LogP contribution in [0, 0.1) is 6.92 Å². The summed E-state index contributed by atoms with van der Waals surface area (Å²) in [6, 6.07) is 5.99. The molecule has 0 saturated heterocycles. The van der Waals surface area contributed by atoms with E-state index in [1.165, 1.54) is 36.0 Å². The van der Waals surface area contributed by atoms with E-state index in [0.717, 1.165) is 11.4 Å². The summed E-state index contributed by atoms with van der Waals surface area (Å²) in [6.45, 7) is 2.09. The van der Waals surface area contributed by atoms with Crippen molar-refractivity contribution in [1.82, 2.24) is 0 Å². The predicted octanol–water partition coefficient (Wildman–Crippen LogP) is 4.15. The maximum atomic E-state index is 6.31. The number of hydrogen-bond acceptors (Lipinski definition) is 1. The van der Waals surface area contributed by atoms with Crippen molar-refractivity contribution in [2.75, 3.05) is 0 Å². The Hall–Kier alpha value is -0.790. The molecule has 16 heavy (non-hydrogen) atoms. The summed E-state index contributed by atoms with van der Waals surface area (Å²) in [4.78, 5) is 0. The van der Waals surface area contributed by atoms with Crippen molar-refractivity contribution >= 4 is 11.6 Å². The molecule has 1 aromatic rings. The summed E-state index contributed by atoms with van der Waals surface area (Å²) in [5.41, 5.74) is 10.1. The Morgan fingerprint density at radius 3 is 2.81 bits per heavy atom. The average molecular weight is 236 g/mol. The lowest BCUT2D eigenvalue weighted by atomic mass is 9.89. The molecular weight excluding hydrogens is 218 g/mol. The molecule has 1 aliphatic rings. The smallest absolute Gasteiger partial charge is 0.0514 e. The first-order valence-corrected chi connectivity index (χ1v) is 6.27. The normalized spacial score (nSPS) is 18.1. The van der Waals surface area contributed by atoms with E-state index in [1.807, 2.05) is 18.2 Å². The van der Waals surface area contributed by atoms with Crippen molar-refractivity contribution in [3.8, 4) is 0 Å². The van der Waals surface area contributed by atoms with Gasteiger partial charge in [-0.2, -0.15) is 0 Å². The van der Waals surface area contributed by atoms with Gasteiger partial charge in [0.1, 0.15) is 0 Å². The highest BCUT2D eigenvalue weighted by molar-refractivity contribution is 6.30. The van der Waals surface area contributed by atoms with Gasteiger partial charge in [0.2, 0.25) is 0 Å². The monoisotopic (exact) mass is 235 g/mol. The highest BCUT2D eigenvalue weighted by Crippen LogP contribution is 2.30. The summed E-state index contributed by atoms with van der Waals surface area (Å²) >= 11 is 6.02. The Kier molecular flexibility index (Phi) is 3.67. The van der Waals surface area contributed by atoms with Gasteiger partial charge in [0.15, 0.2) is 0 Å². The Labute approximate surface area is 102 Å². The van der Waals surface area contributed by atoms with Crippen LogP contribution in [0.25, 0.3) is 0 Å². The first-order chi connectivity index (χ1) is 7.68. The standard InChI is InChI=1S/C14H18ClN/c1-10-7-8-12(15)9-13(10)14(16)11-5-3-2-4-6-11/h5,7-9,14H,2-4,6,16H2,1H3. The topological polar surface area (TPSA) is 26.0 Å². The van der Waals surface area contributed by atoms with E-state index in [0.29, 0.717) is 0 Å². The van der Waals surface area contributed by atoms with E-state index < -0.39 is 0 Å². The van der Waals surface area contributed by atoms with Crippen molar-refractivity contribution in [3.63, 3.8) is 0 Å². The maximum absolute atomic E-state index is 6.31. The molecule has 0 spiro atoms. The molecule has 0 heterocycles. The maximum Gasteiger partial charge on any atom is 0.0514 e. The van der Waals surface area contributed by atoms with E-state index in [-0.39, 0.29) is 6.04 Å². The molecule has 0 aliphatic heterocycles. The first-order valence-electron chi connectivity index (χ1n) is 5.89. The fourth-order valence-corrected chi connectivity index (χ4v) is 2.47. The molecule has 1 aromatic carbocycles. The van der Waals surface area contributed by atoms with Gasteiger partial charge < -0.3 is 5.73 Å². The molecule has 1 nitrogen and oxygen atoms in total. The quantitative estimate of drug-likeness (QED) is 0.766. The molecule has 0 radical (unpaired) electrons. The number of allylic oxidation sites excluding steroid dienone is 1. The van der Waals surface area contributed by atoms with Crippen LogP contribution in [0.2, 0.25) is 5.02 Å². The van der Waals surface area contributed by atoms with Crippen molar-refractivity contribution in [2.45, 2.75) is 38.6 Å². The molecular formula is C14H18ClN. The molecule has 2 rings (SSSR count). The van der Waals surface area contributed by atoms with Crippen LogP contribution < -0.4 is 5.73 Å². The van der Waals surface area contributed by atoms with E-state index >= 15 is 0 Å². The summed E-state index contributed by atoms with van der Waals surface area (Å²) in [7, 11) is 0. The number of rotatable bonds is 2. The van der Waals surface area contributed by atoms with Gasteiger partial charge in [0, 0.05) is 5.02 Å². The largest absolute Gasteiger partial charge is 0.321 e. The Bertz CT molecular complexity index is 409. The lowest BCUT2D eigenvalue weighted by molar-refractivity contribution is 0.647. The minimum atomic E-state index is 0.0269. The SMILES string of the molecule is Cc1ccc(Cl)cc1C(N)C1=CCCCC1. The van der Waals surface area contributed by atoms with Crippen molar-refractivity contribution in [2.24, 2.45) is 5.73 Å². The minimum Gasteiger partial charge on any atom is -0.321 e. The Morgan fingerprint density at radius 2 is 2.12 bits per heavy atom. The second-order valence-electron chi connectivity index (χ2n) is 4.50. The third-order valence-corrected chi connectivity index (χ3v) is 3.54. The second-order valence-corrected chi connectivity index (χ2v) is 4.94. The van der Waals surface area contributed by atoms with E-state index in [4.69, 9.17) is 17.3 Å². The highest BCUT2D eigenvalue weighted by atomic mass is 35.5. The molecule has 1 aliphatic carbocycles. The van der Waals surface area contributed by atoms with Gasteiger partial charge in [-0.15, -0.1) is 0 Å².